The van der Waals surface area contributed by atoms with E-state index in [-0.39, 0.29) is 17.9 Å². The number of rotatable bonds is 7. The van der Waals surface area contributed by atoms with Gasteiger partial charge in [-0.05, 0) is 30.0 Å². The van der Waals surface area contributed by atoms with Crippen LogP contribution >= 0.6 is 0 Å². The molecule has 0 radical (unpaired) electrons. The predicted molar refractivity (Wildman–Crippen MR) is 100 cm³/mol. The minimum Gasteiger partial charge on any atom is -0.454 e. The number of ether oxygens (including phenoxy) is 1. The summed E-state index contributed by atoms with van der Waals surface area (Å²) in [5.74, 6) is -2.13. The van der Waals surface area contributed by atoms with Crippen molar-refractivity contribution in [2.75, 3.05) is 20.2 Å². The van der Waals surface area contributed by atoms with Crippen LogP contribution in [0.15, 0.2) is 24.3 Å². The number of nitrogens with one attached hydrogen (secondary N) is 3. The lowest BCUT2D eigenvalue weighted by Crippen LogP contribution is -2.42. The van der Waals surface area contributed by atoms with Crippen LogP contribution in [-0.4, -0.2) is 49.9 Å². The zero-order chi connectivity index (χ0) is 20.6. The Morgan fingerprint density at radius 1 is 1.04 bits per heavy atom. The maximum Gasteiger partial charge on any atom is 0.328 e. The number of likely N-dealkylation sites (N-methyl/N-ethyl adjacent to an activating group) is 1. The number of esters is 1. The number of carbonyl (C=O) groups is 4. The van der Waals surface area contributed by atoms with Crippen LogP contribution in [0.5, 0.6) is 0 Å². The molecule has 0 heterocycles. The van der Waals surface area contributed by atoms with Crippen molar-refractivity contribution < 1.29 is 23.9 Å². The van der Waals surface area contributed by atoms with E-state index in [2.05, 4.69) is 36.7 Å². The normalized spacial score (nSPS) is 11.9. The average molecular weight is 377 g/mol. The van der Waals surface area contributed by atoms with Crippen LogP contribution in [0, 0.1) is 0 Å². The quantitative estimate of drug-likeness (QED) is 0.599. The Bertz CT molecular complexity index is 692. The topological polar surface area (TPSA) is 114 Å². The summed E-state index contributed by atoms with van der Waals surface area (Å²) in [6.45, 7) is 6.95. The summed E-state index contributed by atoms with van der Waals surface area (Å²) in [4.78, 5) is 46.6. The highest BCUT2D eigenvalue weighted by Crippen LogP contribution is 2.22. The van der Waals surface area contributed by atoms with E-state index in [0.717, 1.165) is 5.56 Å². The van der Waals surface area contributed by atoms with Gasteiger partial charge in [0.1, 0.15) is 6.04 Å². The number of benzene rings is 1. The van der Waals surface area contributed by atoms with E-state index in [4.69, 9.17) is 4.74 Å². The van der Waals surface area contributed by atoms with Gasteiger partial charge in [-0.1, -0.05) is 32.9 Å². The first-order valence-electron chi connectivity index (χ1n) is 8.60. The highest BCUT2D eigenvalue weighted by atomic mass is 16.5. The molecule has 0 aliphatic rings. The van der Waals surface area contributed by atoms with Crippen LogP contribution in [-0.2, 0) is 24.5 Å². The van der Waals surface area contributed by atoms with Gasteiger partial charge in [0.15, 0.2) is 6.61 Å². The zero-order valence-electron chi connectivity index (χ0n) is 16.3. The molecule has 0 aliphatic heterocycles. The van der Waals surface area contributed by atoms with E-state index < -0.39 is 30.4 Å². The Labute approximate surface area is 159 Å². The molecule has 27 heavy (non-hydrogen) atoms. The van der Waals surface area contributed by atoms with E-state index >= 15 is 0 Å². The lowest BCUT2D eigenvalue weighted by atomic mass is 9.86. The molecule has 0 saturated heterocycles. The van der Waals surface area contributed by atoms with Gasteiger partial charge in [0.05, 0.1) is 6.54 Å². The molecule has 148 valence electrons. The molecular formula is C19H27N3O5. The smallest absolute Gasteiger partial charge is 0.328 e. The molecule has 1 aromatic carbocycles. The number of hydrogen-bond acceptors (Lipinski definition) is 5. The molecule has 0 unspecified atom stereocenters. The van der Waals surface area contributed by atoms with E-state index in [1.54, 1.807) is 12.1 Å². The summed E-state index contributed by atoms with van der Waals surface area (Å²) in [6.07, 6.45) is 0. The fourth-order valence-electron chi connectivity index (χ4n) is 2.04. The second-order valence-corrected chi connectivity index (χ2v) is 7.08. The standard InChI is InChI=1S/C19H27N3O5/c1-12(18(26)27-11-16(24)21-10-15(23)20-5)22-17(25)13-6-8-14(9-7-13)19(2,3)4/h6-9,12H,10-11H2,1-5H3,(H,20,23)(H,21,24)(H,22,25)/t12-/m0/s1. The molecule has 0 fully saturated rings. The van der Waals surface area contributed by atoms with Crippen LogP contribution in [0.1, 0.15) is 43.6 Å². The second kappa shape index (κ2) is 9.70. The molecule has 1 aromatic rings. The van der Waals surface area contributed by atoms with E-state index in [0.29, 0.717) is 5.56 Å². The molecular weight excluding hydrogens is 350 g/mol. The number of carbonyl (C=O) groups excluding carboxylic acids is 4. The van der Waals surface area contributed by atoms with Crippen molar-refractivity contribution in [3.8, 4) is 0 Å². The molecule has 3 amide bonds. The van der Waals surface area contributed by atoms with Crippen molar-refractivity contribution in [2.45, 2.75) is 39.2 Å². The number of hydrogen-bond donors (Lipinski definition) is 3. The molecule has 8 nitrogen and oxygen atoms in total. The van der Waals surface area contributed by atoms with Crippen molar-refractivity contribution in [1.82, 2.24) is 16.0 Å². The Morgan fingerprint density at radius 3 is 2.15 bits per heavy atom. The van der Waals surface area contributed by atoms with Crippen LogP contribution in [0.4, 0.5) is 0 Å². The summed E-state index contributed by atoms with van der Waals surface area (Å²) >= 11 is 0. The second-order valence-electron chi connectivity index (χ2n) is 7.08. The third-order valence-electron chi connectivity index (χ3n) is 3.78. The summed E-state index contributed by atoms with van der Waals surface area (Å²) in [5.41, 5.74) is 1.49. The van der Waals surface area contributed by atoms with Gasteiger partial charge >= 0.3 is 5.97 Å². The molecule has 0 aliphatic carbocycles. The Kier molecular flexibility index (Phi) is 7.96. The molecule has 0 bridgehead atoms. The van der Waals surface area contributed by atoms with E-state index in [9.17, 15) is 19.2 Å². The molecule has 1 atom stereocenters. The Morgan fingerprint density at radius 2 is 1.63 bits per heavy atom. The lowest BCUT2D eigenvalue weighted by molar-refractivity contribution is -0.150. The van der Waals surface area contributed by atoms with Crippen LogP contribution in [0.25, 0.3) is 0 Å². The molecule has 8 heteroatoms. The van der Waals surface area contributed by atoms with Gasteiger partial charge < -0.3 is 20.7 Å². The maximum atomic E-state index is 12.2. The van der Waals surface area contributed by atoms with E-state index in [1.165, 1.54) is 14.0 Å². The van der Waals surface area contributed by atoms with Crippen molar-refractivity contribution in [1.29, 1.82) is 0 Å². The first kappa shape index (κ1) is 22.1. The van der Waals surface area contributed by atoms with Gasteiger partial charge in [-0.2, -0.15) is 0 Å². The van der Waals surface area contributed by atoms with Crippen LogP contribution in [0.2, 0.25) is 0 Å². The van der Waals surface area contributed by atoms with Gasteiger partial charge in [0.25, 0.3) is 11.8 Å². The predicted octanol–water partition coefficient (Wildman–Crippen LogP) is 0.508. The summed E-state index contributed by atoms with van der Waals surface area (Å²) in [5, 5.41) is 7.17. The van der Waals surface area contributed by atoms with Crippen molar-refractivity contribution in [3.05, 3.63) is 35.4 Å². The Hall–Kier alpha value is -2.90. The molecule has 0 aromatic heterocycles. The first-order chi connectivity index (χ1) is 12.5. The van der Waals surface area contributed by atoms with E-state index in [1.807, 2.05) is 12.1 Å². The molecule has 1 rings (SSSR count). The highest BCUT2D eigenvalue weighted by Gasteiger charge is 2.20. The van der Waals surface area contributed by atoms with Gasteiger partial charge in [-0.15, -0.1) is 0 Å². The third kappa shape index (κ3) is 7.47. The summed E-state index contributed by atoms with van der Waals surface area (Å²) in [7, 11) is 1.44. The average Bonchev–Trinajstić information content (AvgIpc) is 2.63. The summed E-state index contributed by atoms with van der Waals surface area (Å²) < 4.78 is 4.83. The largest absolute Gasteiger partial charge is 0.454 e. The maximum absolute atomic E-state index is 12.2. The van der Waals surface area contributed by atoms with Crippen LogP contribution in [0.3, 0.4) is 0 Å². The van der Waals surface area contributed by atoms with Gasteiger partial charge in [-0.25, -0.2) is 4.79 Å². The lowest BCUT2D eigenvalue weighted by Gasteiger charge is -2.19. The van der Waals surface area contributed by atoms with Crippen molar-refractivity contribution in [2.24, 2.45) is 0 Å². The highest BCUT2D eigenvalue weighted by molar-refractivity contribution is 5.97. The molecule has 0 spiro atoms. The van der Waals surface area contributed by atoms with Crippen molar-refractivity contribution in [3.63, 3.8) is 0 Å². The SMILES string of the molecule is CNC(=O)CNC(=O)COC(=O)[C@H](C)NC(=O)c1ccc(C(C)(C)C)cc1. The van der Waals surface area contributed by atoms with Gasteiger partial charge in [0, 0.05) is 12.6 Å². The first-order valence-corrected chi connectivity index (χ1v) is 8.60. The van der Waals surface area contributed by atoms with Crippen LogP contribution < -0.4 is 16.0 Å². The van der Waals surface area contributed by atoms with Crippen molar-refractivity contribution >= 4 is 23.7 Å². The summed E-state index contributed by atoms with van der Waals surface area (Å²) in [6, 6.07) is 6.20. The fourth-order valence-corrected chi connectivity index (χ4v) is 2.04. The van der Waals surface area contributed by atoms with Gasteiger partial charge in [0.2, 0.25) is 5.91 Å². The minimum atomic E-state index is -0.925. The number of amides is 3. The molecule has 0 saturated carbocycles. The third-order valence-corrected chi connectivity index (χ3v) is 3.78. The Balaban J connectivity index is 2.49. The fraction of sp³-hybridized carbons (Fsp3) is 0.474. The monoisotopic (exact) mass is 377 g/mol. The van der Waals surface area contributed by atoms with Gasteiger partial charge in [-0.3, -0.25) is 14.4 Å². The zero-order valence-corrected chi connectivity index (χ0v) is 16.3. The minimum absolute atomic E-state index is 0.0233. The molecule has 3 N–H and O–H groups in total.